The summed E-state index contributed by atoms with van der Waals surface area (Å²) in [6.45, 7) is 6.28. The Kier molecular flexibility index (Phi) is 5.39. The fourth-order valence-corrected chi connectivity index (χ4v) is 3.68. The number of hydrogen-bond donors (Lipinski definition) is 1. The largest absolute Gasteiger partial charge is 0.389 e. The Balaban J connectivity index is 1.94. The summed E-state index contributed by atoms with van der Waals surface area (Å²) in [5.41, 5.74) is 0.112. The molecule has 0 aromatic heterocycles. The molecule has 1 fully saturated rings. The van der Waals surface area contributed by atoms with Gasteiger partial charge in [-0.05, 0) is 25.5 Å². The van der Waals surface area contributed by atoms with Gasteiger partial charge in [-0.1, -0.05) is 30.3 Å². The highest BCUT2D eigenvalue weighted by Gasteiger charge is 2.27. The van der Waals surface area contributed by atoms with Crippen molar-refractivity contribution in [3.63, 3.8) is 0 Å². The van der Waals surface area contributed by atoms with Gasteiger partial charge >= 0.3 is 0 Å². The summed E-state index contributed by atoms with van der Waals surface area (Å²) in [6.07, 6.45) is 1.62. The zero-order chi connectivity index (χ0) is 16.2. The maximum atomic E-state index is 12.3. The second kappa shape index (κ2) is 6.91. The quantitative estimate of drug-likeness (QED) is 0.889. The summed E-state index contributed by atoms with van der Waals surface area (Å²) in [5, 5.41) is 11.1. The molecule has 1 heterocycles. The predicted molar refractivity (Wildman–Crippen MR) is 88.7 cm³/mol. The van der Waals surface area contributed by atoms with E-state index in [9.17, 15) is 13.5 Å². The third-order valence-corrected chi connectivity index (χ3v) is 5.10. The number of benzene rings is 1. The van der Waals surface area contributed by atoms with Crippen LogP contribution in [-0.2, 0) is 10.0 Å². The zero-order valence-electron chi connectivity index (χ0n) is 13.1. The summed E-state index contributed by atoms with van der Waals surface area (Å²) >= 11 is 0. The minimum absolute atomic E-state index is 0.456. The maximum absolute atomic E-state index is 12.3. The Bertz CT molecular complexity index is 598. The molecule has 1 saturated heterocycles. The van der Waals surface area contributed by atoms with E-state index in [1.807, 2.05) is 30.3 Å². The molecule has 2 rings (SSSR count). The van der Waals surface area contributed by atoms with Crippen LogP contribution in [0.1, 0.15) is 19.4 Å². The molecule has 1 aliphatic heterocycles. The second-order valence-electron chi connectivity index (χ2n) is 6.25. The molecule has 1 N–H and O–H groups in total. The number of piperazine rings is 1. The lowest BCUT2D eigenvalue weighted by Gasteiger charge is -2.36. The molecule has 1 aromatic carbocycles. The molecule has 122 valence electrons. The van der Waals surface area contributed by atoms with Crippen LogP contribution in [0.15, 0.2) is 35.7 Å². The van der Waals surface area contributed by atoms with Crippen molar-refractivity contribution >= 4 is 16.1 Å². The topological polar surface area (TPSA) is 60.9 Å². The van der Waals surface area contributed by atoms with E-state index >= 15 is 0 Å². The fraction of sp³-hybridized carbons (Fsp3) is 0.500. The summed E-state index contributed by atoms with van der Waals surface area (Å²) in [4.78, 5) is 2.09. The first-order valence-corrected chi connectivity index (χ1v) is 8.95. The Morgan fingerprint density at radius 1 is 1.14 bits per heavy atom. The smallest absolute Gasteiger partial charge is 0.236 e. The van der Waals surface area contributed by atoms with E-state index in [-0.39, 0.29) is 0 Å². The van der Waals surface area contributed by atoms with E-state index in [0.717, 1.165) is 5.56 Å². The first-order chi connectivity index (χ1) is 10.3. The summed E-state index contributed by atoms with van der Waals surface area (Å²) in [7, 11) is -3.39. The van der Waals surface area contributed by atoms with Crippen molar-refractivity contribution in [2.24, 2.45) is 0 Å². The zero-order valence-corrected chi connectivity index (χ0v) is 14.0. The number of sulfonamides is 1. The van der Waals surface area contributed by atoms with Crippen molar-refractivity contribution in [1.29, 1.82) is 0 Å². The second-order valence-corrected chi connectivity index (χ2v) is 8.06. The van der Waals surface area contributed by atoms with E-state index in [1.54, 1.807) is 19.9 Å². The average Bonchev–Trinajstić information content (AvgIpc) is 2.45. The molecule has 1 aliphatic rings. The highest BCUT2D eigenvalue weighted by molar-refractivity contribution is 7.92. The van der Waals surface area contributed by atoms with Crippen molar-refractivity contribution in [2.45, 2.75) is 19.4 Å². The first kappa shape index (κ1) is 17.1. The van der Waals surface area contributed by atoms with Gasteiger partial charge in [-0.2, -0.15) is 4.31 Å². The van der Waals surface area contributed by atoms with Gasteiger partial charge in [0, 0.05) is 38.1 Å². The number of hydrogen-bond acceptors (Lipinski definition) is 4. The standard InChI is InChI=1S/C16H24N2O3S/c1-16(2,19)14-17-9-11-18(12-10-17)22(20,21)13-8-15-6-4-3-5-7-15/h3-8,13,19H,9-12,14H2,1-2H3/b13-8+. The highest BCUT2D eigenvalue weighted by atomic mass is 32.2. The first-order valence-electron chi connectivity index (χ1n) is 7.44. The lowest BCUT2D eigenvalue weighted by molar-refractivity contribution is 0.0264. The number of β-amino-alcohol motifs (C(OH)–C–C–N with tert-alkyl or cyclic N) is 1. The van der Waals surface area contributed by atoms with Crippen LogP contribution in [0.2, 0.25) is 0 Å². The van der Waals surface area contributed by atoms with Crippen molar-refractivity contribution in [3.05, 3.63) is 41.3 Å². The normalized spacial score (nSPS) is 18.9. The van der Waals surface area contributed by atoms with Crippen LogP contribution in [0.4, 0.5) is 0 Å². The van der Waals surface area contributed by atoms with Gasteiger partial charge in [-0.15, -0.1) is 0 Å². The number of rotatable bonds is 5. The molecular weight excluding hydrogens is 300 g/mol. The SMILES string of the molecule is CC(C)(O)CN1CCN(S(=O)(=O)/C=C/c2ccccc2)CC1. The van der Waals surface area contributed by atoms with Crippen molar-refractivity contribution in [2.75, 3.05) is 32.7 Å². The van der Waals surface area contributed by atoms with Gasteiger partial charge in [0.15, 0.2) is 0 Å². The van der Waals surface area contributed by atoms with E-state index in [4.69, 9.17) is 0 Å². The van der Waals surface area contributed by atoms with Gasteiger partial charge in [0.25, 0.3) is 0 Å². The van der Waals surface area contributed by atoms with Crippen LogP contribution < -0.4 is 0 Å². The van der Waals surface area contributed by atoms with Crippen molar-refractivity contribution < 1.29 is 13.5 Å². The third kappa shape index (κ3) is 5.21. The monoisotopic (exact) mass is 324 g/mol. The molecular formula is C16H24N2O3S. The molecule has 6 heteroatoms. The molecule has 0 unspecified atom stereocenters. The van der Waals surface area contributed by atoms with Crippen molar-refractivity contribution in [3.8, 4) is 0 Å². The lowest BCUT2D eigenvalue weighted by Crippen LogP contribution is -2.51. The minimum atomic E-state index is -3.39. The van der Waals surface area contributed by atoms with Crippen LogP contribution in [0, 0.1) is 0 Å². The molecule has 1 aromatic rings. The van der Waals surface area contributed by atoms with Gasteiger partial charge in [0.1, 0.15) is 0 Å². The Morgan fingerprint density at radius 2 is 1.73 bits per heavy atom. The van der Waals surface area contributed by atoms with E-state index in [0.29, 0.717) is 32.7 Å². The molecule has 5 nitrogen and oxygen atoms in total. The number of aliphatic hydroxyl groups is 1. The van der Waals surface area contributed by atoms with Gasteiger partial charge in [0.2, 0.25) is 10.0 Å². The third-order valence-electron chi connectivity index (χ3n) is 3.53. The lowest BCUT2D eigenvalue weighted by atomic mass is 10.1. The molecule has 0 radical (unpaired) electrons. The number of nitrogens with zero attached hydrogens (tertiary/aromatic N) is 2. The molecule has 0 atom stereocenters. The van der Waals surface area contributed by atoms with Gasteiger partial charge < -0.3 is 5.11 Å². The predicted octanol–water partition coefficient (Wildman–Crippen LogP) is 1.38. The summed E-state index contributed by atoms with van der Waals surface area (Å²) in [5.74, 6) is 0. The molecule has 0 aliphatic carbocycles. The Morgan fingerprint density at radius 3 is 2.27 bits per heavy atom. The van der Waals surface area contributed by atoms with Crippen LogP contribution in [0.5, 0.6) is 0 Å². The molecule has 0 saturated carbocycles. The van der Waals surface area contributed by atoms with Crippen LogP contribution in [0.25, 0.3) is 6.08 Å². The summed E-state index contributed by atoms with van der Waals surface area (Å²) in [6, 6.07) is 9.39. The van der Waals surface area contributed by atoms with Gasteiger partial charge in [0.05, 0.1) is 5.60 Å². The van der Waals surface area contributed by atoms with Crippen LogP contribution in [-0.4, -0.2) is 61.1 Å². The Hall–Kier alpha value is -1.21. The average molecular weight is 324 g/mol. The summed E-state index contributed by atoms with van der Waals surface area (Å²) < 4.78 is 26.1. The Labute approximate surface area is 132 Å². The molecule has 0 spiro atoms. The molecule has 0 amide bonds. The maximum Gasteiger partial charge on any atom is 0.236 e. The van der Waals surface area contributed by atoms with E-state index in [1.165, 1.54) is 9.71 Å². The van der Waals surface area contributed by atoms with Crippen molar-refractivity contribution in [1.82, 2.24) is 9.21 Å². The van der Waals surface area contributed by atoms with Crippen LogP contribution >= 0.6 is 0 Å². The van der Waals surface area contributed by atoms with E-state index in [2.05, 4.69) is 4.90 Å². The fourth-order valence-electron chi connectivity index (χ4n) is 2.50. The van der Waals surface area contributed by atoms with Gasteiger partial charge in [-0.3, -0.25) is 4.90 Å². The van der Waals surface area contributed by atoms with Crippen LogP contribution in [0.3, 0.4) is 0 Å². The molecule has 0 bridgehead atoms. The molecule has 22 heavy (non-hydrogen) atoms. The minimum Gasteiger partial charge on any atom is -0.389 e. The highest BCUT2D eigenvalue weighted by Crippen LogP contribution is 2.13. The van der Waals surface area contributed by atoms with Gasteiger partial charge in [-0.25, -0.2) is 8.42 Å². The van der Waals surface area contributed by atoms with E-state index < -0.39 is 15.6 Å².